The Morgan fingerprint density at radius 1 is 1.04 bits per heavy atom. The Balaban J connectivity index is 1.60. The molecule has 3 aliphatic rings. The van der Waals surface area contributed by atoms with Crippen molar-refractivity contribution in [2.75, 3.05) is 33.1 Å². The number of phenols is 1. The fourth-order valence-corrected chi connectivity index (χ4v) is 8.15. The van der Waals surface area contributed by atoms with Crippen molar-refractivity contribution in [2.24, 2.45) is 28.4 Å². The number of carbonyl (C=O) groups excluding carboxylic acids is 6. The number of para-hydroxylation sites is 1. The van der Waals surface area contributed by atoms with Crippen LogP contribution >= 0.6 is 0 Å². The second-order valence-electron chi connectivity index (χ2n) is 13.5. The molecule has 2 unspecified atom stereocenters. The fourth-order valence-electron chi connectivity index (χ4n) is 8.15. The molecule has 13 heteroatoms. The fraction of sp³-hybridized carbons (Fsp3) is 0.455. The van der Waals surface area contributed by atoms with Gasteiger partial charge in [0, 0.05) is 37.3 Å². The van der Waals surface area contributed by atoms with Crippen molar-refractivity contribution < 1.29 is 43.7 Å². The second-order valence-corrected chi connectivity index (χ2v) is 13.5. The molecule has 2 amide bonds. The number of anilines is 1. The number of hydrogen-bond acceptors (Lipinski definition) is 11. The van der Waals surface area contributed by atoms with Crippen molar-refractivity contribution in [2.45, 2.75) is 44.9 Å². The van der Waals surface area contributed by atoms with Crippen molar-refractivity contribution >= 4 is 40.8 Å². The van der Waals surface area contributed by atoms with Gasteiger partial charge in [-0.05, 0) is 56.1 Å². The van der Waals surface area contributed by atoms with Gasteiger partial charge in [0.2, 0.25) is 5.91 Å². The van der Waals surface area contributed by atoms with Crippen LogP contribution in [0.25, 0.3) is 0 Å². The highest BCUT2D eigenvalue weighted by Crippen LogP contribution is 2.62. The van der Waals surface area contributed by atoms with Crippen LogP contribution in [0.4, 0.5) is 10.5 Å². The number of benzene rings is 2. The van der Waals surface area contributed by atoms with Gasteiger partial charge in [0.05, 0.1) is 17.5 Å². The summed E-state index contributed by atoms with van der Waals surface area (Å²) in [5.41, 5.74) is 0.594. The number of aliphatic hydroxyl groups is 1. The second kappa shape index (κ2) is 11.0. The summed E-state index contributed by atoms with van der Waals surface area (Å²) in [4.78, 5) is 84.2. The molecular weight excluding hydrogens is 596 g/mol. The normalized spacial score (nSPS) is 30.3. The maximum Gasteiger partial charge on any atom is 0.412 e. The lowest BCUT2D eigenvalue weighted by Gasteiger charge is -2.61. The van der Waals surface area contributed by atoms with Crippen LogP contribution in [0.3, 0.4) is 0 Å². The number of ketones is 4. The lowest BCUT2D eigenvalue weighted by atomic mass is 9.42. The van der Waals surface area contributed by atoms with E-state index >= 15 is 0 Å². The largest absolute Gasteiger partial charge is 0.507 e. The number of primary amides is 1. The summed E-state index contributed by atoms with van der Waals surface area (Å²) in [6.45, 7) is 2.91. The first-order chi connectivity index (χ1) is 21.4. The van der Waals surface area contributed by atoms with Gasteiger partial charge < -0.3 is 30.9 Å². The molecule has 0 radical (unpaired) electrons. The maximum atomic E-state index is 14.5. The van der Waals surface area contributed by atoms with E-state index in [2.05, 4.69) is 5.32 Å². The van der Waals surface area contributed by atoms with Crippen LogP contribution in [-0.2, 0) is 32.1 Å². The number of ether oxygens (including phenoxy) is 1. The van der Waals surface area contributed by atoms with Gasteiger partial charge in [0.1, 0.15) is 11.5 Å². The Bertz CT molecular complexity index is 1690. The molecule has 0 bridgehead atoms. The first-order valence-electron chi connectivity index (χ1n) is 14.8. The highest BCUT2D eigenvalue weighted by molar-refractivity contribution is 6.33. The molecular formula is C33H38N4O9. The number of amides is 2. The van der Waals surface area contributed by atoms with E-state index in [0.717, 1.165) is 0 Å². The van der Waals surface area contributed by atoms with E-state index in [-0.39, 0.29) is 30.5 Å². The minimum atomic E-state index is -2.90. The number of nitrogens with two attached hydrogens (primary N) is 1. The van der Waals surface area contributed by atoms with Crippen LogP contribution in [-0.4, -0.2) is 90.1 Å². The lowest BCUT2D eigenvalue weighted by Crippen LogP contribution is -2.79. The Labute approximate surface area is 265 Å². The van der Waals surface area contributed by atoms with Crippen LogP contribution in [0.2, 0.25) is 0 Å². The first-order valence-corrected chi connectivity index (χ1v) is 14.8. The monoisotopic (exact) mass is 634 g/mol. The smallest absolute Gasteiger partial charge is 0.412 e. The van der Waals surface area contributed by atoms with Crippen molar-refractivity contribution in [3.8, 4) is 11.5 Å². The molecule has 0 spiro atoms. The molecule has 2 saturated carbocycles. The number of aromatic hydroxyl groups is 1. The SMILES string of the molecule is CN(C)c1cc(CNC(=O)Oc2ccccc2)c(O)c2c1C[C@@]1(C)C[C@@]3(C)[C@H](N(C)C)C(=O)C(C(N)=O)C(=O)[C@@]3(O)C(=O)C1C2=O. The Morgan fingerprint density at radius 3 is 2.24 bits per heavy atom. The molecule has 0 saturated heterocycles. The number of nitrogens with one attached hydrogen (secondary N) is 1. The van der Waals surface area contributed by atoms with Gasteiger partial charge in [0.15, 0.2) is 34.7 Å². The Kier molecular flexibility index (Phi) is 7.85. The molecule has 5 rings (SSSR count). The highest BCUT2D eigenvalue weighted by atomic mass is 16.6. The molecule has 2 aromatic carbocycles. The van der Waals surface area contributed by atoms with Gasteiger partial charge in [-0.3, -0.25) is 28.9 Å². The van der Waals surface area contributed by atoms with Gasteiger partial charge in [-0.2, -0.15) is 0 Å². The van der Waals surface area contributed by atoms with Crippen LogP contribution in [0.1, 0.15) is 41.8 Å². The van der Waals surface area contributed by atoms with Gasteiger partial charge in [-0.25, -0.2) is 4.79 Å². The zero-order valence-electron chi connectivity index (χ0n) is 26.5. The summed E-state index contributed by atoms with van der Waals surface area (Å²) in [5, 5.41) is 26.1. The third-order valence-corrected chi connectivity index (χ3v) is 9.90. The zero-order chi connectivity index (χ0) is 34.1. The first kappa shape index (κ1) is 32.8. The molecule has 5 N–H and O–H groups in total. The van der Waals surface area contributed by atoms with E-state index in [4.69, 9.17) is 10.5 Å². The molecule has 3 aliphatic carbocycles. The van der Waals surface area contributed by atoms with Crippen LogP contribution in [0, 0.1) is 22.7 Å². The lowest BCUT2D eigenvalue weighted by molar-refractivity contribution is -0.203. The number of carbonyl (C=O) groups is 6. The summed E-state index contributed by atoms with van der Waals surface area (Å²) < 4.78 is 5.25. The van der Waals surface area contributed by atoms with E-state index in [0.29, 0.717) is 17.0 Å². The van der Waals surface area contributed by atoms with E-state index < -0.39 is 75.2 Å². The zero-order valence-corrected chi connectivity index (χ0v) is 26.5. The number of rotatable bonds is 6. The molecule has 13 nitrogen and oxygen atoms in total. The van der Waals surface area contributed by atoms with Crippen molar-refractivity contribution in [3.63, 3.8) is 0 Å². The standard InChI is InChI=1S/C33H38N4O9/c1-31-13-18-19(36(3)4)12-16(14-35-30(44)46-17-10-8-7-9-11-17)23(38)20(18)24(39)22(31)28(42)33(45)27(41)21(29(34)43)25(40)26(37(5)6)32(33,2)15-31/h7-12,21-22,26,38,45H,13-15H2,1-6H3,(H2,34,43)(H,35,44)/t21?,22?,26-,31+,32+,33-/m1/s1. The summed E-state index contributed by atoms with van der Waals surface area (Å²) >= 11 is 0. The number of phenolic OH excluding ortho intramolecular Hbond substituents is 1. The predicted molar refractivity (Wildman–Crippen MR) is 164 cm³/mol. The molecule has 0 aromatic heterocycles. The van der Waals surface area contributed by atoms with E-state index in [9.17, 15) is 39.0 Å². The molecule has 2 fully saturated rings. The average molecular weight is 635 g/mol. The molecule has 244 valence electrons. The number of Topliss-reactive ketones (excluding diaryl/α,β-unsaturated/α-hetero) is 4. The molecule has 6 atom stereocenters. The van der Waals surface area contributed by atoms with Crippen LogP contribution in [0.15, 0.2) is 36.4 Å². The summed E-state index contributed by atoms with van der Waals surface area (Å²) in [5.74, 6) is -9.26. The highest BCUT2D eigenvalue weighted by Gasteiger charge is 2.76. The van der Waals surface area contributed by atoms with Crippen LogP contribution in [0.5, 0.6) is 11.5 Å². The molecule has 2 aromatic rings. The molecule has 46 heavy (non-hydrogen) atoms. The van der Waals surface area contributed by atoms with Crippen molar-refractivity contribution in [3.05, 3.63) is 53.1 Å². The minimum Gasteiger partial charge on any atom is -0.507 e. The number of likely N-dealkylation sites (N-methyl/N-ethyl adjacent to an activating group) is 1. The van der Waals surface area contributed by atoms with E-state index in [1.165, 1.54) is 25.9 Å². The van der Waals surface area contributed by atoms with Gasteiger partial charge in [0.25, 0.3) is 0 Å². The Morgan fingerprint density at radius 2 is 1.67 bits per heavy atom. The third-order valence-electron chi connectivity index (χ3n) is 9.90. The molecule has 0 heterocycles. The molecule has 0 aliphatic heterocycles. The summed E-state index contributed by atoms with van der Waals surface area (Å²) in [6.07, 6.45) is -0.850. The van der Waals surface area contributed by atoms with Gasteiger partial charge >= 0.3 is 6.09 Å². The minimum absolute atomic E-state index is 0.0722. The maximum absolute atomic E-state index is 14.5. The predicted octanol–water partition coefficient (Wildman–Crippen LogP) is 1.00. The van der Waals surface area contributed by atoms with Crippen LogP contribution < -0.4 is 20.7 Å². The summed E-state index contributed by atoms with van der Waals surface area (Å²) in [6, 6.07) is 8.71. The number of hydrogen-bond donors (Lipinski definition) is 4. The summed E-state index contributed by atoms with van der Waals surface area (Å²) in [7, 11) is 6.55. The number of nitrogens with zero attached hydrogens (tertiary/aromatic N) is 2. The van der Waals surface area contributed by atoms with E-state index in [1.54, 1.807) is 62.3 Å². The van der Waals surface area contributed by atoms with Gasteiger partial charge in [-0.15, -0.1) is 0 Å². The van der Waals surface area contributed by atoms with Gasteiger partial charge in [-0.1, -0.05) is 32.0 Å². The number of fused-ring (bicyclic) bond motifs is 3. The van der Waals surface area contributed by atoms with E-state index in [1.807, 2.05) is 0 Å². The van der Waals surface area contributed by atoms with Crippen molar-refractivity contribution in [1.29, 1.82) is 0 Å². The quantitative estimate of drug-likeness (QED) is 0.331. The topological polar surface area (TPSA) is 197 Å². The Hall–Kier alpha value is -4.62. The third kappa shape index (κ3) is 4.59. The van der Waals surface area contributed by atoms with Crippen molar-refractivity contribution in [1.82, 2.24) is 10.2 Å². The average Bonchev–Trinajstić information content (AvgIpc) is 2.94.